The first kappa shape index (κ1) is 13.7. The zero-order valence-corrected chi connectivity index (χ0v) is 12.0. The first-order chi connectivity index (χ1) is 10.3. The summed E-state index contributed by atoms with van der Waals surface area (Å²) in [6, 6.07) is 1.73. The molecule has 1 fully saturated rings. The molecule has 1 aliphatic heterocycles. The van der Waals surface area contributed by atoms with Gasteiger partial charge in [0.2, 0.25) is 0 Å². The van der Waals surface area contributed by atoms with Crippen LogP contribution in [-0.4, -0.2) is 39.0 Å². The molecule has 6 heteroatoms. The molecule has 0 spiro atoms. The number of hydrogen-bond acceptors (Lipinski definition) is 5. The van der Waals surface area contributed by atoms with Gasteiger partial charge < -0.3 is 9.42 Å². The molecule has 0 bridgehead atoms. The third-order valence-corrected chi connectivity index (χ3v) is 3.84. The second kappa shape index (κ2) is 6.03. The minimum absolute atomic E-state index is 0.0629. The molecule has 3 rings (SSSR count). The minimum Gasteiger partial charge on any atom is -0.361 e. The quantitative estimate of drug-likeness (QED) is 0.863. The number of carbonyl (C=O) groups excluding carboxylic acids is 1. The minimum atomic E-state index is -0.0629. The van der Waals surface area contributed by atoms with Crippen molar-refractivity contribution >= 4 is 5.91 Å². The average molecular weight is 286 g/mol. The molecule has 21 heavy (non-hydrogen) atoms. The second-order valence-electron chi connectivity index (χ2n) is 5.25. The summed E-state index contributed by atoms with van der Waals surface area (Å²) in [6.07, 6.45) is 7.87. The van der Waals surface area contributed by atoms with E-state index in [1.54, 1.807) is 24.7 Å². The summed E-state index contributed by atoms with van der Waals surface area (Å²) >= 11 is 0. The molecule has 110 valence electrons. The summed E-state index contributed by atoms with van der Waals surface area (Å²) in [5.41, 5.74) is 1.34. The maximum atomic E-state index is 12.5. The van der Waals surface area contributed by atoms with E-state index in [-0.39, 0.29) is 11.8 Å². The van der Waals surface area contributed by atoms with E-state index in [0.29, 0.717) is 12.2 Å². The Kier molecular flexibility index (Phi) is 3.94. The maximum Gasteiger partial charge on any atom is 0.276 e. The van der Waals surface area contributed by atoms with Crippen molar-refractivity contribution in [3.8, 4) is 0 Å². The van der Waals surface area contributed by atoms with Crippen LogP contribution in [0, 0.1) is 0 Å². The molecule has 6 nitrogen and oxygen atoms in total. The third-order valence-electron chi connectivity index (χ3n) is 3.84. The number of likely N-dealkylation sites (tertiary alicyclic amines) is 1. The van der Waals surface area contributed by atoms with E-state index >= 15 is 0 Å². The molecule has 1 unspecified atom stereocenters. The molecule has 0 aromatic carbocycles. The van der Waals surface area contributed by atoms with Crippen LogP contribution in [0.25, 0.3) is 0 Å². The number of carbonyl (C=O) groups is 1. The average Bonchev–Trinajstić information content (AvgIpc) is 3.04. The summed E-state index contributed by atoms with van der Waals surface area (Å²) in [6.45, 7) is 3.38. The van der Waals surface area contributed by atoms with E-state index in [2.05, 4.69) is 15.1 Å². The number of hydrogen-bond donors (Lipinski definition) is 0. The van der Waals surface area contributed by atoms with Gasteiger partial charge in [-0.05, 0) is 12.8 Å². The topological polar surface area (TPSA) is 72.1 Å². The fraction of sp³-hybridized carbons (Fsp3) is 0.467. The van der Waals surface area contributed by atoms with Crippen molar-refractivity contribution in [2.75, 3.05) is 13.1 Å². The van der Waals surface area contributed by atoms with Gasteiger partial charge in [-0.3, -0.25) is 14.8 Å². The lowest BCUT2D eigenvalue weighted by molar-refractivity contribution is 0.0695. The van der Waals surface area contributed by atoms with Crippen molar-refractivity contribution in [2.24, 2.45) is 0 Å². The zero-order valence-electron chi connectivity index (χ0n) is 12.0. The van der Waals surface area contributed by atoms with Gasteiger partial charge in [0.25, 0.3) is 5.91 Å². The largest absolute Gasteiger partial charge is 0.361 e. The van der Waals surface area contributed by atoms with Crippen LogP contribution in [0.2, 0.25) is 0 Å². The molecule has 3 heterocycles. The summed E-state index contributed by atoms with van der Waals surface area (Å²) in [5.74, 6) is 0.918. The number of amides is 1. The van der Waals surface area contributed by atoms with Crippen LogP contribution >= 0.6 is 0 Å². The van der Waals surface area contributed by atoms with Gasteiger partial charge in [0, 0.05) is 50.1 Å². The Bertz CT molecular complexity index is 611. The Balaban J connectivity index is 1.72. The molecular weight excluding hydrogens is 268 g/mol. The highest BCUT2D eigenvalue weighted by Gasteiger charge is 2.27. The smallest absolute Gasteiger partial charge is 0.276 e. The summed E-state index contributed by atoms with van der Waals surface area (Å²) < 4.78 is 5.12. The van der Waals surface area contributed by atoms with Gasteiger partial charge in [-0.15, -0.1) is 0 Å². The van der Waals surface area contributed by atoms with Crippen molar-refractivity contribution in [1.29, 1.82) is 0 Å². The molecule has 1 saturated heterocycles. The maximum absolute atomic E-state index is 12.5. The van der Waals surface area contributed by atoms with E-state index in [1.165, 1.54) is 0 Å². The van der Waals surface area contributed by atoms with Crippen LogP contribution in [0.5, 0.6) is 0 Å². The summed E-state index contributed by atoms with van der Waals surface area (Å²) in [7, 11) is 0. The highest BCUT2D eigenvalue weighted by Crippen LogP contribution is 2.25. The molecule has 2 aromatic heterocycles. The Labute approximate surface area is 123 Å². The lowest BCUT2D eigenvalue weighted by Crippen LogP contribution is -2.39. The SMILES string of the molecule is CCc1cc(C(=O)N2CCCC(c3cnccn3)C2)no1. The Hall–Kier alpha value is -2.24. The van der Waals surface area contributed by atoms with Crippen LogP contribution < -0.4 is 0 Å². The van der Waals surface area contributed by atoms with Crippen LogP contribution in [0.3, 0.4) is 0 Å². The van der Waals surface area contributed by atoms with Crippen molar-refractivity contribution in [3.63, 3.8) is 0 Å². The molecule has 0 aliphatic carbocycles. The molecular formula is C15H18N4O2. The fourth-order valence-corrected chi connectivity index (χ4v) is 2.67. The van der Waals surface area contributed by atoms with Crippen LogP contribution in [0.15, 0.2) is 29.2 Å². The summed E-state index contributed by atoms with van der Waals surface area (Å²) in [4.78, 5) is 22.8. The van der Waals surface area contributed by atoms with Crippen LogP contribution in [-0.2, 0) is 6.42 Å². The zero-order chi connectivity index (χ0) is 14.7. The Morgan fingerprint density at radius 3 is 3.10 bits per heavy atom. The molecule has 0 radical (unpaired) electrons. The van der Waals surface area contributed by atoms with Gasteiger partial charge in [0.15, 0.2) is 5.69 Å². The molecule has 1 amide bonds. The van der Waals surface area contributed by atoms with Gasteiger partial charge in [0.05, 0.1) is 5.69 Å². The molecule has 2 aromatic rings. The van der Waals surface area contributed by atoms with E-state index in [1.807, 2.05) is 11.8 Å². The fourth-order valence-electron chi connectivity index (χ4n) is 2.67. The standard InChI is InChI=1S/C15H18N4O2/c1-2-12-8-13(18-21-12)15(20)19-7-3-4-11(10-19)14-9-16-5-6-17-14/h5-6,8-9,11H,2-4,7,10H2,1H3. The summed E-state index contributed by atoms with van der Waals surface area (Å²) in [5, 5.41) is 3.87. The predicted molar refractivity (Wildman–Crippen MR) is 75.8 cm³/mol. The van der Waals surface area contributed by atoms with Gasteiger partial charge >= 0.3 is 0 Å². The highest BCUT2D eigenvalue weighted by molar-refractivity contribution is 5.92. The second-order valence-corrected chi connectivity index (χ2v) is 5.25. The molecule has 1 aliphatic rings. The van der Waals surface area contributed by atoms with Gasteiger partial charge in [-0.2, -0.15) is 0 Å². The number of nitrogens with zero attached hydrogens (tertiary/aromatic N) is 4. The Morgan fingerprint density at radius 2 is 2.38 bits per heavy atom. The van der Waals surface area contributed by atoms with E-state index in [0.717, 1.165) is 37.3 Å². The number of aryl methyl sites for hydroxylation is 1. The van der Waals surface area contributed by atoms with Gasteiger partial charge in [0.1, 0.15) is 5.76 Å². The molecule has 1 atom stereocenters. The van der Waals surface area contributed by atoms with Gasteiger partial charge in [-0.25, -0.2) is 0 Å². The van der Waals surface area contributed by atoms with Crippen molar-refractivity contribution < 1.29 is 9.32 Å². The lowest BCUT2D eigenvalue weighted by Gasteiger charge is -2.31. The number of rotatable bonds is 3. The van der Waals surface area contributed by atoms with Crippen molar-refractivity contribution in [2.45, 2.75) is 32.1 Å². The highest BCUT2D eigenvalue weighted by atomic mass is 16.5. The first-order valence-electron chi connectivity index (χ1n) is 7.28. The normalized spacial score (nSPS) is 18.7. The van der Waals surface area contributed by atoms with E-state index in [4.69, 9.17) is 4.52 Å². The van der Waals surface area contributed by atoms with E-state index < -0.39 is 0 Å². The van der Waals surface area contributed by atoms with Crippen LogP contribution in [0.4, 0.5) is 0 Å². The Morgan fingerprint density at radius 1 is 1.48 bits per heavy atom. The van der Waals surface area contributed by atoms with Crippen molar-refractivity contribution in [3.05, 3.63) is 41.8 Å². The number of aromatic nitrogens is 3. The first-order valence-corrected chi connectivity index (χ1v) is 7.28. The van der Waals surface area contributed by atoms with Crippen LogP contribution in [0.1, 0.15) is 47.6 Å². The molecule has 0 saturated carbocycles. The number of piperidine rings is 1. The molecule has 0 N–H and O–H groups in total. The predicted octanol–water partition coefficient (Wildman–Crippen LogP) is 2.05. The van der Waals surface area contributed by atoms with Crippen molar-refractivity contribution in [1.82, 2.24) is 20.0 Å². The van der Waals surface area contributed by atoms with E-state index in [9.17, 15) is 4.79 Å². The lowest BCUT2D eigenvalue weighted by atomic mass is 9.95. The third kappa shape index (κ3) is 2.94. The monoisotopic (exact) mass is 286 g/mol. The van der Waals surface area contributed by atoms with Gasteiger partial charge in [-0.1, -0.05) is 12.1 Å².